The predicted molar refractivity (Wildman–Crippen MR) is 67.4 cm³/mol. The molecule has 0 aromatic heterocycles. The highest BCUT2D eigenvalue weighted by Gasteiger charge is 2.34. The number of hydrogen-bond donors (Lipinski definition) is 2. The van der Waals surface area contributed by atoms with E-state index in [1.807, 2.05) is 12.1 Å². The van der Waals surface area contributed by atoms with E-state index >= 15 is 0 Å². The average molecular weight is 293 g/mol. The molecule has 2 nitrogen and oxygen atoms in total. The second-order valence-corrected chi connectivity index (χ2v) is 5.00. The summed E-state index contributed by atoms with van der Waals surface area (Å²) in [6.45, 7) is 2.81. The zero-order valence-corrected chi connectivity index (χ0v) is 10.9. The van der Waals surface area contributed by atoms with Crippen molar-refractivity contribution in [3.05, 3.63) is 34.3 Å². The molecule has 1 saturated heterocycles. The van der Waals surface area contributed by atoms with Crippen molar-refractivity contribution < 1.29 is 5.11 Å². The summed E-state index contributed by atoms with van der Waals surface area (Å²) in [5.41, 5.74) is 1.15. The summed E-state index contributed by atoms with van der Waals surface area (Å²) in [6.07, 6.45) is 0.558. The molecule has 1 fully saturated rings. The molecule has 0 amide bonds. The van der Waals surface area contributed by atoms with Gasteiger partial charge in [0.2, 0.25) is 0 Å². The molecule has 2 unspecified atom stereocenters. The van der Waals surface area contributed by atoms with Gasteiger partial charge in [-0.15, -0.1) is 12.4 Å². The Hall–Kier alpha value is -0.0900. The van der Waals surface area contributed by atoms with E-state index in [0.29, 0.717) is 6.54 Å². The Labute approximate surface area is 105 Å². The molecule has 84 valence electrons. The minimum Gasteiger partial charge on any atom is -0.392 e. The lowest BCUT2D eigenvalue weighted by Crippen LogP contribution is -2.32. The van der Waals surface area contributed by atoms with Gasteiger partial charge in [-0.1, -0.05) is 28.1 Å². The molecule has 4 heteroatoms. The zero-order valence-electron chi connectivity index (χ0n) is 8.53. The van der Waals surface area contributed by atoms with Crippen LogP contribution >= 0.6 is 28.3 Å². The summed E-state index contributed by atoms with van der Waals surface area (Å²) < 4.78 is 1.08. The van der Waals surface area contributed by atoms with Crippen molar-refractivity contribution in [2.45, 2.75) is 25.0 Å². The molecular formula is C11H15BrClNO. The number of benzene rings is 1. The first-order valence-corrected chi connectivity index (χ1v) is 5.59. The number of β-amino-alcohol motifs (C(OH)–C–C–N with tert-alkyl or cyclic N) is 1. The quantitative estimate of drug-likeness (QED) is 0.833. The van der Waals surface area contributed by atoms with E-state index in [-0.39, 0.29) is 24.0 Å². The van der Waals surface area contributed by atoms with E-state index < -0.39 is 0 Å². The van der Waals surface area contributed by atoms with Crippen molar-refractivity contribution in [1.29, 1.82) is 0 Å². The molecule has 1 heterocycles. The Bertz CT molecular complexity index is 347. The molecule has 0 spiro atoms. The monoisotopic (exact) mass is 291 g/mol. The van der Waals surface area contributed by atoms with E-state index in [0.717, 1.165) is 10.9 Å². The second kappa shape index (κ2) is 4.83. The minimum absolute atomic E-state index is 0. The topological polar surface area (TPSA) is 32.3 Å². The van der Waals surface area contributed by atoms with Gasteiger partial charge in [0.15, 0.2) is 0 Å². The first-order valence-electron chi connectivity index (χ1n) is 4.79. The summed E-state index contributed by atoms with van der Waals surface area (Å²) in [5.74, 6) is 0. The summed E-state index contributed by atoms with van der Waals surface area (Å²) >= 11 is 3.46. The molecule has 0 bridgehead atoms. The maximum absolute atomic E-state index is 9.52. The van der Waals surface area contributed by atoms with Crippen LogP contribution < -0.4 is 5.32 Å². The summed E-state index contributed by atoms with van der Waals surface area (Å²) in [5, 5.41) is 12.9. The van der Waals surface area contributed by atoms with Gasteiger partial charge in [-0.25, -0.2) is 0 Å². The lowest BCUT2D eigenvalue weighted by molar-refractivity contribution is 0.186. The van der Waals surface area contributed by atoms with Crippen molar-refractivity contribution in [3.63, 3.8) is 0 Å². The molecule has 1 aromatic carbocycles. The largest absolute Gasteiger partial charge is 0.392 e. The van der Waals surface area contributed by atoms with Crippen LogP contribution in [0, 0.1) is 0 Å². The zero-order chi connectivity index (χ0) is 10.2. The molecule has 2 rings (SSSR count). The van der Waals surface area contributed by atoms with Gasteiger partial charge in [-0.3, -0.25) is 0 Å². The van der Waals surface area contributed by atoms with Crippen LogP contribution in [-0.4, -0.2) is 17.8 Å². The number of aliphatic hydroxyl groups excluding tert-OH is 1. The molecule has 15 heavy (non-hydrogen) atoms. The van der Waals surface area contributed by atoms with Gasteiger partial charge < -0.3 is 10.4 Å². The maximum Gasteiger partial charge on any atom is 0.0685 e. The Morgan fingerprint density at radius 3 is 2.80 bits per heavy atom. The third-order valence-electron chi connectivity index (χ3n) is 2.83. The minimum atomic E-state index is -0.223. The standard InChI is InChI=1S/C11H14BrNO.ClH/c1-11(6-10(14)7-13-11)8-3-2-4-9(12)5-8;/h2-5,10,13-14H,6-7H2,1H3;1H. The van der Waals surface area contributed by atoms with E-state index in [9.17, 15) is 5.11 Å². The highest BCUT2D eigenvalue weighted by molar-refractivity contribution is 9.10. The van der Waals surface area contributed by atoms with E-state index in [1.54, 1.807) is 0 Å². The number of hydrogen-bond acceptors (Lipinski definition) is 2. The first kappa shape index (κ1) is 13.0. The molecule has 2 atom stereocenters. The molecular weight excluding hydrogens is 277 g/mol. The number of aliphatic hydroxyl groups is 1. The van der Waals surface area contributed by atoms with Gasteiger partial charge in [-0.2, -0.15) is 0 Å². The smallest absolute Gasteiger partial charge is 0.0685 e. The third kappa shape index (κ3) is 2.72. The van der Waals surface area contributed by atoms with Crippen LogP contribution in [0.25, 0.3) is 0 Å². The number of nitrogens with one attached hydrogen (secondary N) is 1. The fourth-order valence-corrected chi connectivity index (χ4v) is 2.41. The van der Waals surface area contributed by atoms with E-state index in [4.69, 9.17) is 0 Å². The van der Waals surface area contributed by atoms with Crippen LogP contribution in [0.4, 0.5) is 0 Å². The van der Waals surface area contributed by atoms with Crippen LogP contribution in [0.2, 0.25) is 0 Å². The van der Waals surface area contributed by atoms with Gasteiger partial charge in [0, 0.05) is 16.6 Å². The van der Waals surface area contributed by atoms with Gasteiger partial charge in [0.05, 0.1) is 6.10 Å². The van der Waals surface area contributed by atoms with Crippen molar-refractivity contribution in [1.82, 2.24) is 5.32 Å². The van der Waals surface area contributed by atoms with Crippen molar-refractivity contribution >= 4 is 28.3 Å². The van der Waals surface area contributed by atoms with Crippen molar-refractivity contribution in [2.75, 3.05) is 6.54 Å². The van der Waals surface area contributed by atoms with Gasteiger partial charge >= 0.3 is 0 Å². The molecule has 0 saturated carbocycles. The van der Waals surface area contributed by atoms with E-state index in [2.05, 4.69) is 40.3 Å². The molecule has 1 aliphatic rings. The van der Waals surface area contributed by atoms with Crippen LogP contribution in [-0.2, 0) is 5.54 Å². The third-order valence-corrected chi connectivity index (χ3v) is 3.33. The molecule has 2 N–H and O–H groups in total. The predicted octanol–water partition coefficient (Wildman–Crippen LogP) is 2.44. The maximum atomic E-state index is 9.52. The fraction of sp³-hybridized carbons (Fsp3) is 0.455. The van der Waals surface area contributed by atoms with Crippen LogP contribution in [0.1, 0.15) is 18.9 Å². The Balaban J connectivity index is 0.00000112. The Kier molecular flexibility index (Phi) is 4.18. The van der Waals surface area contributed by atoms with Crippen LogP contribution in [0.5, 0.6) is 0 Å². The lowest BCUT2D eigenvalue weighted by Gasteiger charge is -2.25. The second-order valence-electron chi connectivity index (χ2n) is 4.08. The highest BCUT2D eigenvalue weighted by atomic mass is 79.9. The summed E-state index contributed by atoms with van der Waals surface area (Å²) in [6, 6.07) is 8.23. The van der Waals surface area contributed by atoms with Gasteiger partial charge in [0.1, 0.15) is 0 Å². The summed E-state index contributed by atoms with van der Waals surface area (Å²) in [7, 11) is 0. The van der Waals surface area contributed by atoms with Crippen LogP contribution in [0.3, 0.4) is 0 Å². The Morgan fingerprint density at radius 1 is 1.53 bits per heavy atom. The first-order chi connectivity index (χ1) is 6.60. The SMILES string of the molecule is CC1(c2cccc(Br)c2)CC(O)CN1.Cl. The molecule has 1 aromatic rings. The molecule has 1 aliphatic heterocycles. The lowest BCUT2D eigenvalue weighted by atomic mass is 9.90. The molecule has 0 aliphatic carbocycles. The molecule has 0 radical (unpaired) electrons. The highest BCUT2D eigenvalue weighted by Crippen LogP contribution is 2.31. The number of rotatable bonds is 1. The van der Waals surface area contributed by atoms with Crippen LogP contribution in [0.15, 0.2) is 28.7 Å². The average Bonchev–Trinajstić information content (AvgIpc) is 2.48. The summed E-state index contributed by atoms with van der Waals surface area (Å²) in [4.78, 5) is 0. The van der Waals surface area contributed by atoms with Gasteiger partial charge in [0.25, 0.3) is 0 Å². The van der Waals surface area contributed by atoms with Crippen molar-refractivity contribution in [2.24, 2.45) is 0 Å². The number of halogens is 2. The normalized spacial score (nSPS) is 29.9. The fourth-order valence-electron chi connectivity index (χ4n) is 2.01. The van der Waals surface area contributed by atoms with Crippen molar-refractivity contribution in [3.8, 4) is 0 Å². The van der Waals surface area contributed by atoms with Gasteiger partial charge in [-0.05, 0) is 31.0 Å². The Morgan fingerprint density at radius 2 is 2.27 bits per heavy atom. The van der Waals surface area contributed by atoms with E-state index in [1.165, 1.54) is 5.56 Å².